The number of rotatable bonds is 2. The van der Waals surface area contributed by atoms with Gasteiger partial charge < -0.3 is 9.90 Å². The molecule has 3 rings (SSSR count). The Bertz CT molecular complexity index is 835. The van der Waals surface area contributed by atoms with E-state index in [1.165, 1.54) is 11.3 Å². The fourth-order valence-electron chi connectivity index (χ4n) is 1.95. The molecular weight excluding hydrogens is 445 g/mol. The number of carboxylic acids is 1. The number of benzene rings is 1. The second kappa shape index (κ2) is 7.31. The van der Waals surface area contributed by atoms with Gasteiger partial charge in [-0.05, 0) is 46.3 Å². The Labute approximate surface area is 184 Å². The number of carbonyl (C=O) groups is 1. The third kappa shape index (κ3) is 3.84. The third-order valence-corrected chi connectivity index (χ3v) is 4.96. The molecule has 3 aromatic rings. The Morgan fingerprint density at radius 3 is 2.52 bits per heavy atom. The number of pyridine rings is 1. The standard InChI is InChI=1S/C14H7Br2NO2S.K/c15-7-1-2-8-9(14(18)19)6-11(17-10(8)5-7)12-3-4-13(16)20-12;/h1-6H,(H,18,19);/q;+1/p-1. The molecule has 0 radical (unpaired) electrons. The molecule has 0 fully saturated rings. The summed E-state index contributed by atoms with van der Waals surface area (Å²) in [6, 6.07) is 10.7. The number of halogens is 2. The average molecular weight is 451 g/mol. The molecule has 0 unspecified atom stereocenters. The normalized spacial score (nSPS) is 10.4. The van der Waals surface area contributed by atoms with Crippen molar-refractivity contribution < 1.29 is 61.3 Å². The third-order valence-electron chi connectivity index (χ3n) is 2.82. The van der Waals surface area contributed by atoms with Crippen LogP contribution in [0, 0.1) is 0 Å². The summed E-state index contributed by atoms with van der Waals surface area (Å²) in [6.07, 6.45) is 0. The van der Waals surface area contributed by atoms with E-state index < -0.39 is 5.97 Å². The molecule has 3 nitrogen and oxygen atoms in total. The Kier molecular flexibility index (Phi) is 6.18. The zero-order valence-electron chi connectivity index (χ0n) is 10.9. The minimum Gasteiger partial charge on any atom is -0.545 e. The molecule has 0 bridgehead atoms. The minimum atomic E-state index is -1.20. The first-order valence-electron chi connectivity index (χ1n) is 5.62. The van der Waals surface area contributed by atoms with Gasteiger partial charge in [-0.25, -0.2) is 4.98 Å². The van der Waals surface area contributed by atoms with Gasteiger partial charge in [0.15, 0.2) is 0 Å². The van der Waals surface area contributed by atoms with Gasteiger partial charge in [0.2, 0.25) is 0 Å². The van der Waals surface area contributed by atoms with Gasteiger partial charge >= 0.3 is 51.4 Å². The Morgan fingerprint density at radius 2 is 1.90 bits per heavy atom. The number of thiophene rings is 1. The first-order valence-corrected chi connectivity index (χ1v) is 8.02. The van der Waals surface area contributed by atoms with Gasteiger partial charge in [-0.2, -0.15) is 0 Å². The molecule has 0 aliphatic carbocycles. The predicted molar refractivity (Wildman–Crippen MR) is 84.8 cm³/mol. The van der Waals surface area contributed by atoms with E-state index in [4.69, 9.17) is 0 Å². The van der Waals surface area contributed by atoms with Crippen LogP contribution in [0.15, 0.2) is 44.7 Å². The molecule has 21 heavy (non-hydrogen) atoms. The van der Waals surface area contributed by atoms with E-state index in [9.17, 15) is 9.90 Å². The van der Waals surface area contributed by atoms with Crippen molar-refractivity contribution in [2.45, 2.75) is 0 Å². The van der Waals surface area contributed by atoms with Gasteiger partial charge in [0.25, 0.3) is 0 Å². The predicted octanol–water partition coefficient (Wildman–Crippen LogP) is 0.856. The molecule has 2 heterocycles. The fourth-order valence-corrected chi connectivity index (χ4v) is 3.64. The van der Waals surface area contributed by atoms with Gasteiger partial charge in [0.1, 0.15) is 0 Å². The van der Waals surface area contributed by atoms with E-state index in [1.807, 2.05) is 12.1 Å². The van der Waals surface area contributed by atoms with Crippen LogP contribution in [-0.4, -0.2) is 11.0 Å². The molecule has 2 aromatic heterocycles. The second-order valence-electron chi connectivity index (χ2n) is 4.11. The molecule has 0 saturated heterocycles. The Morgan fingerprint density at radius 1 is 1.14 bits per heavy atom. The molecule has 0 amide bonds. The number of aromatic carboxylic acids is 1. The van der Waals surface area contributed by atoms with Crippen LogP contribution in [0.25, 0.3) is 21.5 Å². The van der Waals surface area contributed by atoms with E-state index in [-0.39, 0.29) is 56.9 Å². The largest absolute Gasteiger partial charge is 1.00 e. The molecule has 0 spiro atoms. The summed E-state index contributed by atoms with van der Waals surface area (Å²) in [5.41, 5.74) is 1.41. The number of hydrogen-bond acceptors (Lipinski definition) is 4. The van der Waals surface area contributed by atoms with Crippen LogP contribution < -0.4 is 56.5 Å². The summed E-state index contributed by atoms with van der Waals surface area (Å²) in [7, 11) is 0. The summed E-state index contributed by atoms with van der Waals surface area (Å²) in [4.78, 5) is 16.8. The zero-order valence-corrected chi connectivity index (χ0v) is 18.0. The quantitative estimate of drug-likeness (QED) is 0.544. The van der Waals surface area contributed by atoms with Crippen molar-refractivity contribution in [2.24, 2.45) is 0 Å². The summed E-state index contributed by atoms with van der Waals surface area (Å²) in [5, 5.41) is 11.9. The van der Waals surface area contributed by atoms with Crippen LogP contribution in [0.5, 0.6) is 0 Å². The van der Waals surface area contributed by atoms with Crippen molar-refractivity contribution in [2.75, 3.05) is 0 Å². The molecule has 7 heteroatoms. The number of carbonyl (C=O) groups excluding carboxylic acids is 1. The van der Waals surface area contributed by atoms with Crippen LogP contribution >= 0.6 is 43.2 Å². The fraction of sp³-hybridized carbons (Fsp3) is 0. The summed E-state index contributed by atoms with van der Waals surface area (Å²) < 4.78 is 1.82. The topological polar surface area (TPSA) is 53.0 Å². The van der Waals surface area contributed by atoms with Crippen molar-refractivity contribution in [3.05, 3.63) is 50.2 Å². The van der Waals surface area contributed by atoms with Crippen molar-refractivity contribution in [1.82, 2.24) is 4.98 Å². The Balaban J connectivity index is 0.00000161. The van der Waals surface area contributed by atoms with Crippen molar-refractivity contribution in [3.63, 3.8) is 0 Å². The maximum Gasteiger partial charge on any atom is 1.00 e. The maximum absolute atomic E-state index is 11.3. The van der Waals surface area contributed by atoms with Crippen LogP contribution in [0.3, 0.4) is 0 Å². The van der Waals surface area contributed by atoms with Crippen LogP contribution in [0.1, 0.15) is 10.4 Å². The number of carboxylic acid groups (broad SMARTS) is 1. The Hall–Kier alpha value is 0.396. The molecule has 0 N–H and O–H groups in total. The van der Waals surface area contributed by atoms with E-state index in [0.717, 1.165) is 13.1 Å². The SMILES string of the molecule is O=C([O-])c1cc(-c2ccc(Br)s2)nc2cc(Br)ccc12.[K+]. The van der Waals surface area contributed by atoms with Crippen LogP contribution in [-0.2, 0) is 0 Å². The van der Waals surface area contributed by atoms with Gasteiger partial charge in [0, 0.05) is 15.4 Å². The average Bonchev–Trinajstić information content (AvgIpc) is 2.83. The first-order chi connectivity index (χ1) is 9.54. The second-order valence-corrected chi connectivity index (χ2v) is 7.49. The number of fused-ring (bicyclic) bond motifs is 1. The van der Waals surface area contributed by atoms with E-state index in [0.29, 0.717) is 16.6 Å². The molecule has 100 valence electrons. The summed E-state index contributed by atoms with van der Waals surface area (Å²) in [5.74, 6) is -1.20. The van der Waals surface area contributed by atoms with Gasteiger partial charge in [-0.3, -0.25) is 0 Å². The van der Waals surface area contributed by atoms with Crippen molar-refractivity contribution >= 4 is 60.1 Å². The number of nitrogens with zero attached hydrogens (tertiary/aromatic N) is 1. The molecule has 1 aromatic carbocycles. The van der Waals surface area contributed by atoms with Gasteiger partial charge in [-0.15, -0.1) is 11.3 Å². The number of hydrogen-bond donors (Lipinski definition) is 0. The summed E-state index contributed by atoms with van der Waals surface area (Å²) >= 11 is 8.27. The zero-order chi connectivity index (χ0) is 14.3. The maximum atomic E-state index is 11.3. The van der Waals surface area contributed by atoms with E-state index in [2.05, 4.69) is 36.8 Å². The summed E-state index contributed by atoms with van der Waals surface area (Å²) in [6.45, 7) is 0. The van der Waals surface area contributed by atoms with E-state index in [1.54, 1.807) is 24.3 Å². The molecule has 0 aliphatic heterocycles. The first kappa shape index (κ1) is 17.7. The van der Waals surface area contributed by atoms with Crippen LogP contribution in [0.4, 0.5) is 0 Å². The van der Waals surface area contributed by atoms with E-state index >= 15 is 0 Å². The van der Waals surface area contributed by atoms with Crippen LogP contribution in [0.2, 0.25) is 0 Å². The van der Waals surface area contributed by atoms with Gasteiger partial charge in [-0.1, -0.05) is 22.0 Å². The minimum absolute atomic E-state index is 0. The molecule has 0 aliphatic rings. The monoisotopic (exact) mass is 449 g/mol. The van der Waals surface area contributed by atoms with Crippen molar-refractivity contribution in [3.8, 4) is 10.6 Å². The van der Waals surface area contributed by atoms with Gasteiger partial charge in [0.05, 0.1) is 25.8 Å². The molecular formula is C14H6Br2KNO2S. The molecule has 0 saturated carbocycles. The molecule has 0 atom stereocenters. The van der Waals surface area contributed by atoms with Crippen molar-refractivity contribution in [1.29, 1.82) is 0 Å². The number of aromatic nitrogens is 1. The smallest absolute Gasteiger partial charge is 0.545 e.